The predicted octanol–water partition coefficient (Wildman–Crippen LogP) is 1.44. The fourth-order valence-electron chi connectivity index (χ4n) is 2.27. The highest BCUT2D eigenvalue weighted by atomic mass is 16.6. The van der Waals surface area contributed by atoms with E-state index in [1.807, 2.05) is 36.3 Å². The molecule has 1 amide bonds. The fourth-order valence-corrected chi connectivity index (χ4v) is 2.27. The lowest BCUT2D eigenvalue weighted by atomic mass is 10.0. The Hall–Kier alpha value is -2.81. The summed E-state index contributed by atoms with van der Waals surface area (Å²) in [6.45, 7) is 1.53. The largest absolute Gasteiger partial charge is 0.472 e. The second-order valence-corrected chi connectivity index (χ2v) is 4.88. The normalized spacial score (nSPS) is 18.4. The number of aryl methyl sites for hydroxylation is 1. The van der Waals surface area contributed by atoms with E-state index < -0.39 is 30.1 Å². The van der Waals surface area contributed by atoms with Gasteiger partial charge < -0.3 is 9.84 Å². The van der Waals surface area contributed by atoms with E-state index in [9.17, 15) is 14.4 Å². The summed E-state index contributed by atoms with van der Waals surface area (Å²) in [5.74, 6) is 2.63. The number of hydrogen-bond acceptors (Lipinski definition) is 4. The molecule has 1 aromatic carbocycles. The Labute approximate surface area is 127 Å². The maximum absolute atomic E-state index is 11.8. The maximum Gasteiger partial charge on any atom is 0.419 e. The summed E-state index contributed by atoms with van der Waals surface area (Å²) in [4.78, 5) is 35.1. The fraction of sp³-hybridized carbons (Fsp3) is 0.312. The molecule has 2 rings (SSSR count). The minimum Gasteiger partial charge on any atom is -0.472 e. The third-order valence-corrected chi connectivity index (χ3v) is 3.39. The Balaban J connectivity index is 2.16. The highest BCUT2D eigenvalue weighted by molar-refractivity contribution is 5.95. The van der Waals surface area contributed by atoms with Crippen molar-refractivity contribution in [2.45, 2.75) is 31.8 Å². The monoisotopic (exact) mass is 301 g/mol. The predicted molar refractivity (Wildman–Crippen MR) is 76.8 cm³/mol. The van der Waals surface area contributed by atoms with Crippen LogP contribution in [0.4, 0.5) is 4.79 Å². The number of amides is 1. The van der Waals surface area contributed by atoms with Crippen LogP contribution in [0.25, 0.3) is 0 Å². The van der Waals surface area contributed by atoms with Crippen LogP contribution in [0.15, 0.2) is 30.3 Å². The van der Waals surface area contributed by atoms with Gasteiger partial charge in [-0.2, -0.15) is 0 Å². The van der Waals surface area contributed by atoms with Gasteiger partial charge in [-0.3, -0.25) is 4.90 Å². The van der Waals surface area contributed by atoms with Crippen LogP contribution < -0.4 is 0 Å². The van der Waals surface area contributed by atoms with Crippen molar-refractivity contribution >= 4 is 18.0 Å². The van der Waals surface area contributed by atoms with E-state index in [0.29, 0.717) is 12.8 Å². The first-order chi connectivity index (χ1) is 10.5. The van der Waals surface area contributed by atoms with Crippen LogP contribution >= 0.6 is 0 Å². The second-order valence-electron chi connectivity index (χ2n) is 4.88. The molecule has 0 saturated carbocycles. The Morgan fingerprint density at radius 2 is 2.05 bits per heavy atom. The summed E-state index contributed by atoms with van der Waals surface area (Å²) in [5, 5.41) is 8.70. The molecular weight excluding hydrogens is 286 g/mol. The molecule has 1 aliphatic rings. The minimum atomic E-state index is -1.28. The van der Waals surface area contributed by atoms with Gasteiger partial charge in [0.15, 0.2) is 0 Å². The number of carboxylic acids is 1. The van der Waals surface area contributed by atoms with E-state index in [0.717, 1.165) is 5.56 Å². The van der Waals surface area contributed by atoms with E-state index >= 15 is 0 Å². The molecule has 2 atom stereocenters. The van der Waals surface area contributed by atoms with Gasteiger partial charge in [-0.1, -0.05) is 36.3 Å². The smallest absolute Gasteiger partial charge is 0.419 e. The topological polar surface area (TPSA) is 83.9 Å². The summed E-state index contributed by atoms with van der Waals surface area (Å²) in [7, 11) is 0. The van der Waals surface area contributed by atoms with Crippen molar-refractivity contribution in [1.29, 1.82) is 0 Å². The summed E-state index contributed by atoms with van der Waals surface area (Å²) in [5.41, 5.74) is 1.04. The lowest BCUT2D eigenvalue weighted by Gasteiger charge is -2.23. The number of carbonyl (C=O) groups is 3. The van der Waals surface area contributed by atoms with Crippen LogP contribution in [0.2, 0.25) is 0 Å². The van der Waals surface area contributed by atoms with E-state index in [1.54, 1.807) is 0 Å². The number of benzene rings is 1. The molecule has 114 valence electrons. The third-order valence-electron chi connectivity index (χ3n) is 3.39. The average Bonchev–Trinajstić information content (AvgIpc) is 2.74. The first-order valence-corrected chi connectivity index (χ1v) is 6.81. The Kier molecular flexibility index (Phi) is 4.79. The Morgan fingerprint density at radius 3 is 2.59 bits per heavy atom. The number of esters is 1. The van der Waals surface area contributed by atoms with Crippen molar-refractivity contribution in [3.8, 4) is 11.8 Å². The van der Waals surface area contributed by atoms with E-state index in [1.165, 1.54) is 11.8 Å². The molecule has 1 saturated heterocycles. The highest BCUT2D eigenvalue weighted by Crippen LogP contribution is 2.20. The van der Waals surface area contributed by atoms with Crippen molar-refractivity contribution in [3.63, 3.8) is 0 Å². The molecule has 0 aliphatic carbocycles. The van der Waals surface area contributed by atoms with Crippen molar-refractivity contribution in [3.05, 3.63) is 35.9 Å². The van der Waals surface area contributed by atoms with Crippen molar-refractivity contribution in [2.24, 2.45) is 0 Å². The molecule has 0 radical (unpaired) electrons. The summed E-state index contributed by atoms with van der Waals surface area (Å²) in [6, 6.07) is 8.08. The molecule has 0 aromatic heterocycles. The van der Waals surface area contributed by atoms with Gasteiger partial charge in [0.25, 0.3) is 0 Å². The molecular formula is C16H15NO5. The van der Waals surface area contributed by atoms with Gasteiger partial charge in [0.1, 0.15) is 6.04 Å². The van der Waals surface area contributed by atoms with Gasteiger partial charge in [-0.05, 0) is 25.3 Å². The first kappa shape index (κ1) is 15.6. The number of carboxylic acid groups (broad SMARTS) is 1. The lowest BCUT2D eigenvalue weighted by Crippen LogP contribution is -2.41. The Bertz CT molecular complexity index is 643. The zero-order chi connectivity index (χ0) is 16.1. The van der Waals surface area contributed by atoms with Crippen LogP contribution in [0.3, 0.4) is 0 Å². The van der Waals surface area contributed by atoms with E-state index in [4.69, 9.17) is 5.11 Å². The van der Waals surface area contributed by atoms with Gasteiger partial charge in [-0.25, -0.2) is 14.4 Å². The zero-order valence-electron chi connectivity index (χ0n) is 12.0. The Morgan fingerprint density at radius 1 is 1.36 bits per heavy atom. The number of carbonyl (C=O) groups excluding carboxylic acids is 2. The molecule has 1 aromatic rings. The number of nitrogens with zero attached hydrogens (tertiary/aromatic N) is 1. The van der Waals surface area contributed by atoms with Crippen molar-refractivity contribution in [2.75, 3.05) is 0 Å². The molecule has 0 spiro atoms. The molecule has 1 heterocycles. The number of hydrogen-bond donors (Lipinski definition) is 1. The molecule has 6 nitrogen and oxygen atoms in total. The van der Waals surface area contributed by atoms with Gasteiger partial charge >= 0.3 is 18.0 Å². The standard InChI is InChI=1S/C16H15NO5/c1-11-15(20)22-16(21)17(11)13(9-10-14(18)19)8-7-12-5-3-2-4-6-12/h2-6,11,13H,7-8H2,1H3,(H,18,19)/t11?,13-/m1/s1. The van der Waals surface area contributed by atoms with Crippen LogP contribution in [0.5, 0.6) is 0 Å². The number of ether oxygens (including phenoxy) is 1. The molecule has 1 unspecified atom stereocenters. The number of rotatable bonds is 4. The molecule has 22 heavy (non-hydrogen) atoms. The second kappa shape index (κ2) is 6.76. The third kappa shape index (κ3) is 3.64. The molecule has 1 aliphatic heterocycles. The maximum atomic E-state index is 11.8. The van der Waals surface area contributed by atoms with Crippen LogP contribution in [-0.4, -0.2) is 40.1 Å². The van der Waals surface area contributed by atoms with Gasteiger partial charge in [0, 0.05) is 5.92 Å². The van der Waals surface area contributed by atoms with Gasteiger partial charge in [0.2, 0.25) is 0 Å². The number of cyclic esters (lactones) is 2. The quantitative estimate of drug-likeness (QED) is 0.517. The highest BCUT2D eigenvalue weighted by Gasteiger charge is 2.41. The van der Waals surface area contributed by atoms with Crippen molar-refractivity contribution in [1.82, 2.24) is 4.90 Å². The average molecular weight is 301 g/mol. The summed E-state index contributed by atoms with van der Waals surface area (Å²) >= 11 is 0. The first-order valence-electron chi connectivity index (χ1n) is 6.81. The molecule has 6 heteroatoms. The molecule has 1 N–H and O–H groups in total. The van der Waals surface area contributed by atoms with Gasteiger partial charge in [-0.15, -0.1) is 0 Å². The van der Waals surface area contributed by atoms with Crippen LogP contribution in [0, 0.1) is 11.8 Å². The zero-order valence-corrected chi connectivity index (χ0v) is 12.0. The van der Waals surface area contributed by atoms with Crippen LogP contribution in [0.1, 0.15) is 18.9 Å². The van der Waals surface area contributed by atoms with Crippen molar-refractivity contribution < 1.29 is 24.2 Å². The van der Waals surface area contributed by atoms with E-state index in [-0.39, 0.29) is 0 Å². The minimum absolute atomic E-state index is 0.414. The molecule has 0 bridgehead atoms. The lowest BCUT2D eigenvalue weighted by molar-refractivity contribution is -0.135. The van der Waals surface area contributed by atoms with Gasteiger partial charge in [0.05, 0.1) is 6.04 Å². The molecule has 1 fully saturated rings. The number of aliphatic carboxylic acids is 1. The summed E-state index contributed by atoms with van der Waals surface area (Å²) in [6.07, 6.45) is 0.233. The van der Waals surface area contributed by atoms with Crippen LogP contribution in [-0.2, 0) is 20.7 Å². The SMILES string of the molecule is CC1C(=O)OC(=O)N1[C@@H](C#CC(=O)O)CCc1ccccc1. The van der Waals surface area contributed by atoms with E-state index in [2.05, 4.69) is 10.7 Å². The summed E-state index contributed by atoms with van der Waals surface area (Å²) < 4.78 is 4.56.